The summed E-state index contributed by atoms with van der Waals surface area (Å²) >= 11 is 0. The van der Waals surface area contributed by atoms with Gasteiger partial charge in [-0.25, -0.2) is 0 Å². The first-order valence-electron chi connectivity index (χ1n) is 8.56. The maximum atomic E-state index is 12.6. The van der Waals surface area contributed by atoms with Crippen molar-refractivity contribution < 1.29 is 27.5 Å². The van der Waals surface area contributed by atoms with Crippen molar-refractivity contribution in [3.05, 3.63) is 65.2 Å². The Balaban J connectivity index is 1.58. The average molecular weight is 377 g/mol. The molecule has 1 saturated heterocycles. The van der Waals surface area contributed by atoms with Gasteiger partial charge in [0.2, 0.25) is 0 Å². The van der Waals surface area contributed by atoms with Crippen LogP contribution in [0.4, 0.5) is 13.2 Å². The summed E-state index contributed by atoms with van der Waals surface area (Å²) in [4.78, 5) is 25.1. The van der Waals surface area contributed by atoms with Gasteiger partial charge < -0.3 is 9.64 Å². The lowest BCUT2D eigenvalue weighted by atomic mass is 10.0. The maximum Gasteiger partial charge on any atom is 0.416 e. The van der Waals surface area contributed by atoms with Gasteiger partial charge in [-0.2, -0.15) is 13.2 Å². The van der Waals surface area contributed by atoms with Crippen molar-refractivity contribution in [2.24, 2.45) is 0 Å². The fraction of sp³-hybridized carbons (Fsp3) is 0.300. The van der Waals surface area contributed by atoms with Gasteiger partial charge in [0.25, 0.3) is 5.91 Å². The van der Waals surface area contributed by atoms with Crippen LogP contribution in [-0.4, -0.2) is 36.3 Å². The van der Waals surface area contributed by atoms with E-state index in [0.717, 1.165) is 18.4 Å². The summed E-state index contributed by atoms with van der Waals surface area (Å²) in [5.41, 5.74) is -0.0746. The van der Waals surface area contributed by atoms with Crippen LogP contribution >= 0.6 is 0 Å². The van der Waals surface area contributed by atoms with E-state index in [2.05, 4.69) is 0 Å². The van der Waals surface area contributed by atoms with Gasteiger partial charge in [0.15, 0.2) is 6.29 Å². The summed E-state index contributed by atoms with van der Waals surface area (Å²) in [5, 5.41) is 0. The number of para-hydroxylation sites is 1. The molecule has 0 unspecified atom stereocenters. The highest BCUT2D eigenvalue weighted by Gasteiger charge is 2.31. The highest BCUT2D eigenvalue weighted by Crippen LogP contribution is 2.29. The molecule has 7 heteroatoms. The highest BCUT2D eigenvalue weighted by atomic mass is 19.4. The molecule has 0 saturated carbocycles. The van der Waals surface area contributed by atoms with Gasteiger partial charge >= 0.3 is 6.18 Å². The van der Waals surface area contributed by atoms with E-state index in [1.807, 2.05) is 0 Å². The van der Waals surface area contributed by atoms with E-state index >= 15 is 0 Å². The van der Waals surface area contributed by atoms with Gasteiger partial charge in [-0.15, -0.1) is 0 Å². The van der Waals surface area contributed by atoms with Gasteiger partial charge in [0.1, 0.15) is 11.9 Å². The van der Waals surface area contributed by atoms with E-state index in [1.54, 1.807) is 29.2 Å². The van der Waals surface area contributed by atoms with Crippen LogP contribution in [0.3, 0.4) is 0 Å². The third kappa shape index (κ3) is 4.48. The molecule has 0 aromatic heterocycles. The number of likely N-dealkylation sites (tertiary alicyclic amines) is 1. The zero-order valence-corrected chi connectivity index (χ0v) is 14.4. The Labute approximate surface area is 154 Å². The molecular weight excluding hydrogens is 359 g/mol. The lowest BCUT2D eigenvalue weighted by Crippen LogP contribution is -2.41. The lowest BCUT2D eigenvalue weighted by molar-refractivity contribution is -0.137. The summed E-state index contributed by atoms with van der Waals surface area (Å²) in [6, 6.07) is 11.2. The topological polar surface area (TPSA) is 46.6 Å². The fourth-order valence-electron chi connectivity index (χ4n) is 3.03. The fourth-order valence-corrected chi connectivity index (χ4v) is 3.03. The molecule has 142 valence electrons. The average Bonchev–Trinajstić information content (AvgIpc) is 2.68. The standard InChI is InChI=1S/C20H18F3NO3/c21-20(22,23)16-7-5-14(6-8-16)19(26)24-11-9-17(10-12-24)27-18-4-2-1-3-15(18)13-25/h1-8,13,17H,9-12H2. The molecule has 0 radical (unpaired) electrons. The van der Waals surface area contributed by atoms with Crippen LogP contribution in [0.1, 0.15) is 39.1 Å². The number of aldehydes is 1. The number of halogens is 3. The molecule has 0 N–H and O–H groups in total. The summed E-state index contributed by atoms with van der Waals surface area (Å²) in [5.74, 6) is 0.218. The van der Waals surface area contributed by atoms with Gasteiger partial charge in [-0.05, 0) is 36.4 Å². The lowest BCUT2D eigenvalue weighted by Gasteiger charge is -2.32. The number of alkyl halides is 3. The van der Waals surface area contributed by atoms with Crippen molar-refractivity contribution in [3.63, 3.8) is 0 Å². The molecular formula is C20H18F3NO3. The first-order valence-corrected chi connectivity index (χ1v) is 8.56. The molecule has 2 aromatic carbocycles. The van der Waals surface area contributed by atoms with E-state index in [-0.39, 0.29) is 17.6 Å². The minimum absolute atomic E-state index is 0.122. The van der Waals surface area contributed by atoms with E-state index in [9.17, 15) is 22.8 Å². The van der Waals surface area contributed by atoms with E-state index in [1.165, 1.54) is 12.1 Å². The summed E-state index contributed by atoms with van der Waals surface area (Å²) < 4.78 is 43.7. The monoisotopic (exact) mass is 377 g/mol. The Bertz CT molecular complexity index is 810. The van der Waals surface area contributed by atoms with Crippen LogP contribution in [0.2, 0.25) is 0 Å². The Kier molecular flexibility index (Phi) is 5.48. The largest absolute Gasteiger partial charge is 0.490 e. The molecule has 0 aliphatic carbocycles. The number of nitrogens with zero attached hydrogens (tertiary/aromatic N) is 1. The van der Waals surface area contributed by atoms with Crippen LogP contribution in [-0.2, 0) is 6.18 Å². The molecule has 1 aliphatic heterocycles. The minimum atomic E-state index is -4.42. The minimum Gasteiger partial charge on any atom is -0.490 e. The Hall–Kier alpha value is -2.83. The number of ether oxygens (including phenoxy) is 1. The van der Waals surface area contributed by atoms with E-state index in [4.69, 9.17) is 4.74 Å². The second-order valence-corrected chi connectivity index (χ2v) is 6.34. The normalized spacial score (nSPS) is 15.4. The van der Waals surface area contributed by atoms with Crippen molar-refractivity contribution in [3.8, 4) is 5.75 Å². The number of carbonyl (C=O) groups is 2. The smallest absolute Gasteiger partial charge is 0.416 e. The predicted molar refractivity (Wildman–Crippen MR) is 92.8 cm³/mol. The molecule has 1 aliphatic rings. The summed E-state index contributed by atoms with van der Waals surface area (Å²) in [6.45, 7) is 0.877. The predicted octanol–water partition coefficient (Wildman–Crippen LogP) is 4.20. The van der Waals surface area contributed by atoms with Gasteiger partial charge in [-0.1, -0.05) is 12.1 Å². The van der Waals surface area contributed by atoms with E-state index < -0.39 is 11.7 Å². The number of amides is 1. The van der Waals surface area contributed by atoms with Crippen molar-refractivity contribution in [1.82, 2.24) is 4.90 Å². The van der Waals surface area contributed by atoms with Crippen molar-refractivity contribution in [1.29, 1.82) is 0 Å². The molecule has 3 rings (SSSR count). The number of piperidine rings is 1. The van der Waals surface area contributed by atoms with Gasteiger partial charge in [0.05, 0.1) is 11.1 Å². The Morgan fingerprint density at radius 2 is 1.67 bits per heavy atom. The van der Waals surface area contributed by atoms with Crippen molar-refractivity contribution >= 4 is 12.2 Å². The Morgan fingerprint density at radius 1 is 1.04 bits per heavy atom. The first-order chi connectivity index (χ1) is 12.9. The summed E-state index contributed by atoms with van der Waals surface area (Å²) in [7, 11) is 0. The highest BCUT2D eigenvalue weighted by molar-refractivity contribution is 5.94. The first kappa shape index (κ1) is 18.9. The molecule has 0 bridgehead atoms. The number of hydrogen-bond donors (Lipinski definition) is 0. The van der Waals surface area contributed by atoms with Crippen LogP contribution in [0, 0.1) is 0 Å². The zero-order valence-electron chi connectivity index (χ0n) is 14.4. The number of carbonyl (C=O) groups excluding carboxylic acids is 2. The Morgan fingerprint density at radius 3 is 2.26 bits per heavy atom. The molecule has 1 amide bonds. The maximum absolute atomic E-state index is 12.6. The SMILES string of the molecule is O=Cc1ccccc1OC1CCN(C(=O)c2ccc(C(F)(F)F)cc2)CC1. The van der Waals surface area contributed by atoms with E-state index in [0.29, 0.717) is 37.2 Å². The molecule has 2 aromatic rings. The van der Waals surface area contributed by atoms with Gasteiger partial charge in [0, 0.05) is 31.5 Å². The van der Waals surface area contributed by atoms with Crippen LogP contribution < -0.4 is 4.74 Å². The molecule has 4 nitrogen and oxygen atoms in total. The molecule has 1 heterocycles. The number of rotatable bonds is 4. The third-order valence-corrected chi connectivity index (χ3v) is 4.53. The molecule has 0 atom stereocenters. The third-order valence-electron chi connectivity index (χ3n) is 4.53. The van der Waals surface area contributed by atoms with Crippen molar-refractivity contribution in [2.45, 2.75) is 25.1 Å². The quantitative estimate of drug-likeness (QED) is 0.751. The molecule has 0 spiro atoms. The summed E-state index contributed by atoms with van der Waals surface area (Å²) in [6.07, 6.45) is -2.64. The second kappa shape index (κ2) is 7.82. The zero-order chi connectivity index (χ0) is 19.4. The van der Waals surface area contributed by atoms with Crippen LogP contribution in [0.15, 0.2) is 48.5 Å². The van der Waals surface area contributed by atoms with Crippen LogP contribution in [0.5, 0.6) is 5.75 Å². The van der Waals surface area contributed by atoms with Crippen LogP contribution in [0.25, 0.3) is 0 Å². The van der Waals surface area contributed by atoms with Crippen molar-refractivity contribution in [2.75, 3.05) is 13.1 Å². The number of hydrogen-bond acceptors (Lipinski definition) is 3. The number of benzene rings is 2. The van der Waals surface area contributed by atoms with Gasteiger partial charge in [-0.3, -0.25) is 9.59 Å². The molecule has 27 heavy (non-hydrogen) atoms. The second-order valence-electron chi connectivity index (χ2n) is 6.34. The molecule has 1 fully saturated rings.